The van der Waals surface area contributed by atoms with Gasteiger partial charge in [-0.2, -0.15) is 0 Å². The molecule has 2 aromatic rings. The van der Waals surface area contributed by atoms with Crippen LogP contribution in [0.15, 0.2) is 42.5 Å². The molecule has 0 unspecified atom stereocenters. The van der Waals surface area contributed by atoms with Crippen molar-refractivity contribution in [3.63, 3.8) is 0 Å². The Balaban J connectivity index is 1.60. The van der Waals surface area contributed by atoms with Crippen LogP contribution in [0.1, 0.15) is 24.2 Å². The number of ether oxygens (including phenoxy) is 3. The lowest BCUT2D eigenvalue weighted by atomic mass is 9.91. The van der Waals surface area contributed by atoms with E-state index in [1.165, 1.54) is 0 Å². The summed E-state index contributed by atoms with van der Waals surface area (Å²) in [6.07, 6.45) is -5.96. The quantitative estimate of drug-likeness (QED) is 0.536. The second-order valence-corrected chi connectivity index (χ2v) is 7.83. The van der Waals surface area contributed by atoms with Gasteiger partial charge in [0.15, 0.2) is 0 Å². The van der Waals surface area contributed by atoms with Crippen LogP contribution >= 0.6 is 0 Å². The Morgan fingerprint density at radius 2 is 1.90 bits per heavy atom. The topological polar surface area (TPSA) is 112 Å². The summed E-state index contributed by atoms with van der Waals surface area (Å²) in [6, 6.07) is 13.4. The molecule has 0 aliphatic carbocycles. The maximum Gasteiger partial charge on any atom is 0.142 e. The average molecular weight is 431 g/mol. The molecule has 2 aromatic carbocycles. The molecule has 0 saturated carbocycles. The molecule has 0 aromatic heterocycles. The van der Waals surface area contributed by atoms with Gasteiger partial charge < -0.3 is 39.5 Å². The third-order valence-electron chi connectivity index (χ3n) is 5.75. The molecular weight excluding hydrogens is 402 g/mol. The van der Waals surface area contributed by atoms with Crippen molar-refractivity contribution in [2.45, 2.75) is 44.0 Å². The highest BCUT2D eigenvalue weighted by molar-refractivity contribution is 5.62. The molecule has 0 spiro atoms. The van der Waals surface area contributed by atoms with Gasteiger partial charge in [0.1, 0.15) is 48.6 Å². The first-order chi connectivity index (χ1) is 15.0. The summed E-state index contributed by atoms with van der Waals surface area (Å²) in [7, 11) is 0. The summed E-state index contributed by atoms with van der Waals surface area (Å²) in [5.74, 6) is 1.55. The van der Waals surface area contributed by atoms with Gasteiger partial charge in [-0.15, -0.1) is 0 Å². The summed E-state index contributed by atoms with van der Waals surface area (Å²) in [5.41, 5.74) is 2.58. The smallest absolute Gasteiger partial charge is 0.142 e. The van der Waals surface area contributed by atoms with Crippen molar-refractivity contribution < 1.29 is 34.6 Å². The monoisotopic (exact) mass is 431 g/mol. The fourth-order valence-electron chi connectivity index (χ4n) is 4.13. The Morgan fingerprint density at radius 3 is 2.68 bits per heavy atom. The highest BCUT2D eigenvalue weighted by atomic mass is 16.5. The van der Waals surface area contributed by atoms with E-state index in [-0.39, 0.29) is 0 Å². The number of aliphatic hydroxyl groups excluding tert-OH is 4. The third-order valence-corrected chi connectivity index (χ3v) is 5.75. The van der Waals surface area contributed by atoms with E-state index >= 15 is 0 Å². The highest BCUT2D eigenvalue weighted by Gasteiger charge is 2.44. The normalized spacial score (nSPS) is 28.0. The zero-order chi connectivity index (χ0) is 22.0. The van der Waals surface area contributed by atoms with E-state index in [0.29, 0.717) is 31.9 Å². The second kappa shape index (κ2) is 9.42. The Bertz CT molecular complexity index is 890. The van der Waals surface area contributed by atoms with Gasteiger partial charge in [0.2, 0.25) is 0 Å². The van der Waals surface area contributed by atoms with Crippen molar-refractivity contribution in [1.82, 2.24) is 0 Å². The minimum atomic E-state index is -1.42. The highest BCUT2D eigenvalue weighted by Crippen LogP contribution is 2.39. The lowest BCUT2D eigenvalue weighted by Gasteiger charge is -2.40. The van der Waals surface area contributed by atoms with Crippen LogP contribution in [0.25, 0.3) is 0 Å². The van der Waals surface area contributed by atoms with Gasteiger partial charge in [0, 0.05) is 6.54 Å². The summed E-state index contributed by atoms with van der Waals surface area (Å²) >= 11 is 0. The summed E-state index contributed by atoms with van der Waals surface area (Å²) in [5, 5.41) is 40.2. The molecule has 0 amide bonds. The predicted octanol–water partition coefficient (Wildman–Crippen LogP) is 0.999. The van der Waals surface area contributed by atoms with Crippen LogP contribution in [0.3, 0.4) is 0 Å². The first-order valence-corrected chi connectivity index (χ1v) is 10.6. The molecule has 8 nitrogen and oxygen atoms in total. The number of aliphatic hydroxyl groups is 4. The number of rotatable bonds is 6. The first-order valence-electron chi connectivity index (χ1n) is 10.6. The summed E-state index contributed by atoms with van der Waals surface area (Å²) in [4.78, 5) is 2.18. The van der Waals surface area contributed by atoms with Crippen LogP contribution in [0.5, 0.6) is 11.5 Å². The van der Waals surface area contributed by atoms with Gasteiger partial charge in [-0.25, -0.2) is 0 Å². The molecule has 2 heterocycles. The van der Waals surface area contributed by atoms with Crippen LogP contribution in [-0.4, -0.2) is 71.2 Å². The van der Waals surface area contributed by atoms with Crippen LogP contribution in [-0.2, 0) is 11.3 Å². The minimum absolute atomic E-state index is 0.461. The molecule has 0 bridgehead atoms. The van der Waals surface area contributed by atoms with Gasteiger partial charge in [0.05, 0.1) is 25.4 Å². The van der Waals surface area contributed by atoms with E-state index in [2.05, 4.69) is 4.90 Å². The Hall–Kier alpha value is -2.36. The minimum Gasteiger partial charge on any atom is -0.494 e. The second-order valence-electron chi connectivity index (χ2n) is 7.83. The average Bonchev–Trinajstić information content (AvgIpc) is 2.78. The summed E-state index contributed by atoms with van der Waals surface area (Å²) < 4.78 is 17.1. The van der Waals surface area contributed by atoms with E-state index in [1.807, 2.05) is 43.3 Å². The molecule has 1 saturated heterocycles. The molecule has 0 radical (unpaired) electrons. The summed E-state index contributed by atoms with van der Waals surface area (Å²) in [6.45, 7) is 3.98. The number of hydrogen-bond donors (Lipinski definition) is 4. The molecule has 8 heteroatoms. The lowest BCUT2D eigenvalue weighted by molar-refractivity contribution is -0.231. The molecule has 4 N–H and O–H groups in total. The van der Waals surface area contributed by atoms with Gasteiger partial charge in [-0.3, -0.25) is 0 Å². The zero-order valence-electron chi connectivity index (χ0n) is 17.4. The van der Waals surface area contributed by atoms with Crippen LogP contribution in [0, 0.1) is 0 Å². The fraction of sp³-hybridized carbons (Fsp3) is 0.478. The number of anilines is 1. The Morgan fingerprint density at radius 1 is 1.06 bits per heavy atom. The molecule has 5 atom stereocenters. The van der Waals surface area contributed by atoms with Crippen molar-refractivity contribution in [3.8, 4) is 11.5 Å². The molecule has 31 heavy (non-hydrogen) atoms. The van der Waals surface area contributed by atoms with Crippen LogP contribution < -0.4 is 14.4 Å². The number of benzene rings is 2. The van der Waals surface area contributed by atoms with Crippen LogP contribution in [0.4, 0.5) is 5.69 Å². The van der Waals surface area contributed by atoms with E-state index in [9.17, 15) is 20.4 Å². The maximum atomic E-state index is 10.5. The molecule has 168 valence electrons. The van der Waals surface area contributed by atoms with E-state index in [0.717, 1.165) is 22.7 Å². The standard InChI is InChI=1S/C23H29NO7/c1-2-29-16-5-3-4-14(10-16)12-24-8-9-30-18-7-6-15(11-17(18)24)23-22(28)21(27)20(26)19(13-25)31-23/h3-7,10-11,19-23,25-28H,2,8-9,12-13H2,1H3/t19-,20-,21+,22-,23+/m1/s1. The van der Waals surface area contributed by atoms with Crippen molar-refractivity contribution >= 4 is 5.69 Å². The third kappa shape index (κ3) is 4.49. The number of hydrogen-bond acceptors (Lipinski definition) is 8. The number of nitrogens with zero attached hydrogens (tertiary/aromatic N) is 1. The largest absolute Gasteiger partial charge is 0.494 e. The van der Waals surface area contributed by atoms with Crippen molar-refractivity contribution in [2.24, 2.45) is 0 Å². The molecule has 2 aliphatic heterocycles. The van der Waals surface area contributed by atoms with Crippen molar-refractivity contribution in [3.05, 3.63) is 53.6 Å². The van der Waals surface area contributed by atoms with Gasteiger partial charge in [-0.05, 0) is 42.3 Å². The van der Waals surface area contributed by atoms with Gasteiger partial charge in [-0.1, -0.05) is 18.2 Å². The predicted molar refractivity (Wildman–Crippen MR) is 113 cm³/mol. The Kier molecular flexibility index (Phi) is 6.64. The van der Waals surface area contributed by atoms with Crippen LogP contribution in [0.2, 0.25) is 0 Å². The van der Waals surface area contributed by atoms with E-state index in [1.54, 1.807) is 6.07 Å². The zero-order valence-corrected chi connectivity index (χ0v) is 17.4. The maximum absolute atomic E-state index is 10.5. The Labute approximate surface area is 181 Å². The molecule has 2 aliphatic rings. The van der Waals surface area contributed by atoms with E-state index < -0.39 is 37.1 Å². The van der Waals surface area contributed by atoms with Crippen molar-refractivity contribution in [2.75, 3.05) is 31.3 Å². The first kappa shape index (κ1) is 21.9. The van der Waals surface area contributed by atoms with Gasteiger partial charge >= 0.3 is 0 Å². The van der Waals surface area contributed by atoms with Gasteiger partial charge in [0.25, 0.3) is 0 Å². The molecule has 1 fully saturated rings. The molecular formula is C23H29NO7. The lowest BCUT2D eigenvalue weighted by Crippen LogP contribution is -2.55. The van der Waals surface area contributed by atoms with Crippen molar-refractivity contribution in [1.29, 1.82) is 0 Å². The SMILES string of the molecule is CCOc1cccc(CN2CCOc3ccc([C@@H]4O[C@H](CO)[C@@H](O)[C@H](O)[C@H]4O)cc32)c1. The number of fused-ring (bicyclic) bond motifs is 1. The molecule has 4 rings (SSSR count). The fourth-order valence-corrected chi connectivity index (χ4v) is 4.13. The van der Waals surface area contributed by atoms with E-state index in [4.69, 9.17) is 14.2 Å².